The third kappa shape index (κ3) is 3.06. The molecule has 5 fully saturated rings. The molecule has 1 N–H and O–H groups in total. The molecule has 0 amide bonds. The van der Waals surface area contributed by atoms with Crippen LogP contribution in [0.15, 0.2) is 0 Å². The second kappa shape index (κ2) is 6.69. The fourth-order valence-corrected chi connectivity index (χ4v) is 5.40. The number of carbonyl (C=O) groups excluding carboxylic acids is 1. The Labute approximate surface area is 158 Å². The average Bonchev–Trinajstić information content (AvgIpc) is 2.84. The molecule has 2 unspecified atom stereocenters. The van der Waals surface area contributed by atoms with Gasteiger partial charge in [-0.1, -0.05) is 13.8 Å². The van der Waals surface area contributed by atoms with Crippen LogP contribution in [0.5, 0.6) is 0 Å². The van der Waals surface area contributed by atoms with E-state index in [-0.39, 0.29) is 30.6 Å². The molecule has 8 heteroatoms. The number of esters is 1. The minimum absolute atomic E-state index is 0.0670. The summed E-state index contributed by atoms with van der Waals surface area (Å²) < 4.78 is 17.8. The molecule has 0 radical (unpaired) electrons. The molecule has 4 aliphatic heterocycles. The Morgan fingerprint density at radius 1 is 1.11 bits per heavy atom. The minimum Gasteiger partial charge on any atom is -0.481 e. The van der Waals surface area contributed by atoms with E-state index >= 15 is 0 Å². The van der Waals surface area contributed by atoms with Crippen molar-refractivity contribution in [2.45, 2.75) is 83.3 Å². The van der Waals surface area contributed by atoms with Crippen molar-refractivity contribution in [3.63, 3.8) is 0 Å². The van der Waals surface area contributed by atoms with Gasteiger partial charge in [0.15, 0.2) is 11.9 Å². The molecule has 8 nitrogen and oxygen atoms in total. The number of fused-ring (bicyclic) bond motifs is 2. The molecule has 2 bridgehead atoms. The van der Waals surface area contributed by atoms with Crippen molar-refractivity contribution in [1.29, 1.82) is 0 Å². The van der Waals surface area contributed by atoms with E-state index in [2.05, 4.69) is 6.92 Å². The molecule has 152 valence electrons. The first-order valence-corrected chi connectivity index (χ1v) is 9.86. The fourth-order valence-electron chi connectivity index (χ4n) is 5.40. The van der Waals surface area contributed by atoms with Gasteiger partial charge in [0.2, 0.25) is 12.1 Å². The third-order valence-electron chi connectivity index (χ3n) is 6.89. The largest absolute Gasteiger partial charge is 0.481 e. The van der Waals surface area contributed by atoms with Gasteiger partial charge in [-0.05, 0) is 38.0 Å². The molecule has 1 aliphatic carbocycles. The lowest BCUT2D eigenvalue weighted by Crippen LogP contribution is -2.70. The number of ether oxygens (including phenoxy) is 3. The van der Waals surface area contributed by atoms with E-state index in [1.54, 1.807) is 0 Å². The molecular weight excluding hydrogens is 356 g/mol. The highest BCUT2D eigenvalue weighted by Crippen LogP contribution is 2.60. The normalized spacial score (nSPS) is 48.4. The molecule has 1 spiro atoms. The van der Waals surface area contributed by atoms with Crippen molar-refractivity contribution in [2.75, 3.05) is 0 Å². The average molecular weight is 384 g/mol. The van der Waals surface area contributed by atoms with Crippen molar-refractivity contribution >= 4 is 11.9 Å². The lowest BCUT2D eigenvalue weighted by atomic mass is 9.58. The van der Waals surface area contributed by atoms with Crippen LogP contribution < -0.4 is 0 Å². The zero-order valence-electron chi connectivity index (χ0n) is 16.0. The third-order valence-corrected chi connectivity index (χ3v) is 6.89. The Morgan fingerprint density at radius 2 is 1.89 bits per heavy atom. The van der Waals surface area contributed by atoms with Crippen LogP contribution in [-0.4, -0.2) is 41.0 Å². The highest BCUT2D eigenvalue weighted by molar-refractivity contribution is 5.76. The second-order valence-electron chi connectivity index (χ2n) is 8.66. The smallest absolute Gasteiger partial charge is 0.308 e. The Kier molecular flexibility index (Phi) is 4.73. The Hall–Kier alpha value is -1.22. The monoisotopic (exact) mass is 384 g/mol. The molecule has 8 atom stereocenters. The highest BCUT2D eigenvalue weighted by atomic mass is 17.3. The van der Waals surface area contributed by atoms with Crippen LogP contribution in [0, 0.1) is 23.7 Å². The van der Waals surface area contributed by atoms with E-state index in [9.17, 15) is 9.59 Å². The fraction of sp³-hybridized carbons (Fsp3) is 0.895. The topological polar surface area (TPSA) is 101 Å². The van der Waals surface area contributed by atoms with E-state index < -0.39 is 35.9 Å². The van der Waals surface area contributed by atoms with Crippen LogP contribution in [0.3, 0.4) is 0 Å². The molecule has 5 rings (SSSR count). The first-order chi connectivity index (χ1) is 12.7. The Balaban J connectivity index is 1.58. The molecule has 0 aromatic rings. The van der Waals surface area contributed by atoms with Gasteiger partial charge in [0.25, 0.3) is 0 Å². The summed E-state index contributed by atoms with van der Waals surface area (Å²) in [4.78, 5) is 34.5. The van der Waals surface area contributed by atoms with Crippen LogP contribution in [0.25, 0.3) is 0 Å². The van der Waals surface area contributed by atoms with E-state index in [1.807, 2.05) is 13.8 Å². The van der Waals surface area contributed by atoms with E-state index in [0.717, 1.165) is 19.3 Å². The molecule has 5 aliphatic rings. The number of carboxylic acids is 1. The first-order valence-electron chi connectivity index (χ1n) is 9.86. The molecular formula is C19H28O8. The maximum atomic E-state index is 12.1. The lowest BCUT2D eigenvalue weighted by molar-refractivity contribution is -0.576. The first kappa shape index (κ1) is 19.1. The Morgan fingerprint density at radius 3 is 2.63 bits per heavy atom. The van der Waals surface area contributed by atoms with E-state index in [0.29, 0.717) is 12.3 Å². The van der Waals surface area contributed by atoms with E-state index in [4.69, 9.17) is 29.1 Å². The van der Waals surface area contributed by atoms with Crippen molar-refractivity contribution in [3.8, 4) is 0 Å². The Bertz CT molecular complexity index is 623. The molecule has 1 saturated carbocycles. The maximum Gasteiger partial charge on any atom is 0.308 e. The maximum absolute atomic E-state index is 12.1. The van der Waals surface area contributed by atoms with Gasteiger partial charge in [-0.2, -0.15) is 0 Å². The summed E-state index contributed by atoms with van der Waals surface area (Å²) >= 11 is 0. The molecule has 4 saturated heterocycles. The molecule has 4 heterocycles. The zero-order chi connectivity index (χ0) is 19.4. The number of aliphatic carboxylic acids is 1. The zero-order valence-corrected chi connectivity index (χ0v) is 16.0. The van der Waals surface area contributed by atoms with Crippen molar-refractivity contribution in [2.24, 2.45) is 23.7 Å². The quantitative estimate of drug-likeness (QED) is 0.583. The summed E-state index contributed by atoms with van der Waals surface area (Å²) in [5.74, 6) is -1.82. The lowest BCUT2D eigenvalue weighted by Gasteiger charge is -2.59. The highest BCUT2D eigenvalue weighted by Gasteiger charge is 2.69. The van der Waals surface area contributed by atoms with Gasteiger partial charge in [0.1, 0.15) is 0 Å². The van der Waals surface area contributed by atoms with Gasteiger partial charge in [-0.25, -0.2) is 9.78 Å². The predicted octanol–water partition coefficient (Wildman–Crippen LogP) is 2.60. The summed E-state index contributed by atoms with van der Waals surface area (Å²) in [6, 6.07) is 0. The van der Waals surface area contributed by atoms with Crippen LogP contribution in [0.4, 0.5) is 0 Å². The van der Waals surface area contributed by atoms with Gasteiger partial charge in [-0.15, -0.1) is 0 Å². The summed E-state index contributed by atoms with van der Waals surface area (Å²) in [6.07, 6.45) is 1.72. The van der Waals surface area contributed by atoms with Crippen LogP contribution in [0.1, 0.15) is 59.3 Å². The summed E-state index contributed by atoms with van der Waals surface area (Å²) in [5, 5.41) is 8.76. The van der Waals surface area contributed by atoms with Crippen LogP contribution >= 0.6 is 0 Å². The van der Waals surface area contributed by atoms with Crippen LogP contribution in [-0.2, 0) is 33.6 Å². The molecule has 27 heavy (non-hydrogen) atoms. The van der Waals surface area contributed by atoms with E-state index in [1.165, 1.54) is 0 Å². The molecule has 0 aromatic heterocycles. The number of carboxylic acid groups (broad SMARTS) is 1. The van der Waals surface area contributed by atoms with Crippen molar-refractivity contribution in [1.82, 2.24) is 0 Å². The number of hydrogen-bond acceptors (Lipinski definition) is 7. The van der Waals surface area contributed by atoms with Crippen molar-refractivity contribution in [3.05, 3.63) is 0 Å². The van der Waals surface area contributed by atoms with Gasteiger partial charge in [-0.3, -0.25) is 9.59 Å². The second-order valence-corrected chi connectivity index (χ2v) is 8.66. The van der Waals surface area contributed by atoms with Crippen molar-refractivity contribution < 1.29 is 38.7 Å². The van der Waals surface area contributed by atoms with Gasteiger partial charge in [0.05, 0.1) is 12.8 Å². The number of carbonyl (C=O) groups is 2. The van der Waals surface area contributed by atoms with Crippen LogP contribution in [0.2, 0.25) is 0 Å². The summed E-state index contributed by atoms with van der Waals surface area (Å²) in [5.41, 5.74) is -0.697. The van der Waals surface area contributed by atoms with Gasteiger partial charge in [0, 0.05) is 18.3 Å². The standard InChI is InChI=1S/C19H28O8/c1-10-4-5-13-11(2)16(23-15(22)7-6-14(20)21)24-17-19(13)12(10)8-9-18(3,25-17)26-27-19/h10-13,16-17H,4-9H2,1-3H3,(H,20,21)/t10-,11-,12+,13+,16?,17?,18-,19-/m1/s1. The number of hydrogen-bond donors (Lipinski definition) is 1. The minimum atomic E-state index is -1.03. The van der Waals surface area contributed by atoms with Gasteiger partial charge >= 0.3 is 11.9 Å². The summed E-state index contributed by atoms with van der Waals surface area (Å²) in [6.45, 7) is 6.06. The molecule has 0 aromatic carbocycles. The number of rotatable bonds is 4. The SMILES string of the molecule is C[C@@H]1CC[C@H]2[C@@H](C)C(OC(=O)CCC(=O)O)OC3O[C@@]4(C)CC[C@@H]1[C@]32OO4. The van der Waals surface area contributed by atoms with Gasteiger partial charge < -0.3 is 19.3 Å². The predicted molar refractivity (Wildman–Crippen MR) is 89.8 cm³/mol. The summed E-state index contributed by atoms with van der Waals surface area (Å²) in [7, 11) is 0.